The summed E-state index contributed by atoms with van der Waals surface area (Å²) < 4.78 is 5.79. The van der Waals surface area contributed by atoms with Gasteiger partial charge in [0.25, 0.3) is 17.4 Å². The van der Waals surface area contributed by atoms with Gasteiger partial charge < -0.3 is 14.7 Å². The van der Waals surface area contributed by atoms with Gasteiger partial charge in [0.1, 0.15) is 11.5 Å². The normalized spacial score (nSPS) is 16.7. The molecule has 3 aromatic rings. The van der Waals surface area contributed by atoms with Crippen molar-refractivity contribution in [3.05, 3.63) is 105 Å². The first kappa shape index (κ1) is 25.6. The number of ketones is 1. The number of pyridine rings is 1. The number of benzene rings is 2. The number of non-ortho nitro benzene ring substituents is 1. The van der Waals surface area contributed by atoms with Crippen molar-refractivity contribution < 1.29 is 24.4 Å². The molecule has 9 heteroatoms. The van der Waals surface area contributed by atoms with Crippen LogP contribution in [0.3, 0.4) is 0 Å². The molecule has 1 fully saturated rings. The van der Waals surface area contributed by atoms with Crippen molar-refractivity contribution in [3.63, 3.8) is 0 Å². The van der Waals surface area contributed by atoms with E-state index in [9.17, 15) is 24.8 Å². The number of likely N-dealkylation sites (tertiary alicyclic amines) is 1. The maximum atomic E-state index is 13.2. The number of aromatic nitrogens is 1. The summed E-state index contributed by atoms with van der Waals surface area (Å²) in [4.78, 5) is 42.5. The molecule has 0 saturated carbocycles. The Morgan fingerprint density at radius 1 is 1.16 bits per heavy atom. The number of Topliss-reactive ketones (excluding diaryl/α,β-unsaturated/α-hetero) is 1. The van der Waals surface area contributed by atoms with Gasteiger partial charge in [-0.1, -0.05) is 19.4 Å². The summed E-state index contributed by atoms with van der Waals surface area (Å²) in [5, 5.41) is 22.5. The Bertz CT molecular complexity index is 1350. The molecule has 190 valence electrons. The number of nitrogens with zero attached hydrogens (tertiary/aromatic N) is 3. The van der Waals surface area contributed by atoms with Crippen molar-refractivity contribution in [2.24, 2.45) is 0 Å². The summed E-state index contributed by atoms with van der Waals surface area (Å²) in [5.41, 5.74) is 2.10. The Hall–Kier alpha value is -4.53. The molecule has 1 aromatic heterocycles. The zero-order valence-corrected chi connectivity index (χ0v) is 20.6. The number of unbranched alkanes of at least 4 members (excludes halogenated alkanes) is 1. The number of aliphatic hydroxyl groups excluding tert-OH is 1. The van der Waals surface area contributed by atoms with Crippen LogP contribution in [0.1, 0.15) is 48.1 Å². The van der Waals surface area contributed by atoms with E-state index in [4.69, 9.17) is 4.74 Å². The lowest BCUT2D eigenvalue weighted by atomic mass is 9.94. The summed E-state index contributed by atoms with van der Waals surface area (Å²) in [7, 11) is 0. The molecule has 1 saturated heterocycles. The number of aliphatic hydroxyl groups is 1. The Labute approximate surface area is 214 Å². The fourth-order valence-corrected chi connectivity index (χ4v) is 4.30. The van der Waals surface area contributed by atoms with Gasteiger partial charge in [-0.05, 0) is 66.4 Å². The molecule has 0 radical (unpaired) electrons. The van der Waals surface area contributed by atoms with Gasteiger partial charge in [-0.25, -0.2) is 0 Å². The van der Waals surface area contributed by atoms with E-state index in [-0.39, 0.29) is 23.6 Å². The zero-order chi connectivity index (χ0) is 26.5. The van der Waals surface area contributed by atoms with E-state index in [1.54, 1.807) is 42.7 Å². The van der Waals surface area contributed by atoms with Crippen LogP contribution in [-0.2, 0) is 16.1 Å². The fraction of sp³-hybridized carbons (Fsp3) is 0.250. The molecule has 1 N–H and O–H groups in total. The SMILES string of the molecule is CCCCOc1ccc(C(O)=C2C(=O)C(=O)N(Cc3cccnc3)[C@H]2c2ccc([N+](=O)[O-])cc2)cc1C. The summed E-state index contributed by atoms with van der Waals surface area (Å²) in [6.45, 7) is 4.55. The van der Waals surface area contributed by atoms with Crippen molar-refractivity contribution in [1.29, 1.82) is 0 Å². The molecule has 2 aromatic carbocycles. The quantitative estimate of drug-likeness (QED) is 0.108. The molecule has 0 spiro atoms. The van der Waals surface area contributed by atoms with E-state index in [0.717, 1.165) is 18.4 Å². The first-order chi connectivity index (χ1) is 17.8. The van der Waals surface area contributed by atoms with Crippen molar-refractivity contribution >= 4 is 23.1 Å². The molecular formula is C28H27N3O6. The molecule has 1 atom stereocenters. The first-order valence-electron chi connectivity index (χ1n) is 12.0. The Balaban J connectivity index is 1.79. The predicted octanol–water partition coefficient (Wildman–Crippen LogP) is 5.10. The number of rotatable bonds is 9. The van der Waals surface area contributed by atoms with Gasteiger partial charge in [-0.3, -0.25) is 24.7 Å². The van der Waals surface area contributed by atoms with Crippen molar-refractivity contribution in [1.82, 2.24) is 9.88 Å². The number of amides is 1. The number of hydrogen-bond donors (Lipinski definition) is 1. The molecule has 2 heterocycles. The van der Waals surface area contributed by atoms with Crippen LogP contribution in [0.5, 0.6) is 5.75 Å². The van der Waals surface area contributed by atoms with Crippen LogP contribution in [-0.4, -0.2) is 38.2 Å². The number of nitro groups is 1. The van der Waals surface area contributed by atoms with E-state index in [1.165, 1.54) is 29.2 Å². The summed E-state index contributed by atoms with van der Waals surface area (Å²) >= 11 is 0. The van der Waals surface area contributed by atoms with Gasteiger partial charge in [0.2, 0.25) is 0 Å². The third-order valence-electron chi connectivity index (χ3n) is 6.24. The minimum atomic E-state index is -0.943. The van der Waals surface area contributed by atoms with Crippen LogP contribution in [0, 0.1) is 17.0 Å². The average Bonchev–Trinajstić information content (AvgIpc) is 3.14. The Morgan fingerprint density at radius 2 is 1.92 bits per heavy atom. The van der Waals surface area contributed by atoms with Crippen molar-refractivity contribution in [3.8, 4) is 5.75 Å². The highest BCUT2D eigenvalue weighted by atomic mass is 16.6. The highest BCUT2D eigenvalue weighted by Crippen LogP contribution is 2.41. The number of ether oxygens (including phenoxy) is 1. The average molecular weight is 502 g/mol. The molecule has 0 bridgehead atoms. The number of carbonyl (C=O) groups excluding carboxylic acids is 2. The maximum Gasteiger partial charge on any atom is 0.295 e. The van der Waals surface area contributed by atoms with E-state index in [1.807, 2.05) is 6.92 Å². The van der Waals surface area contributed by atoms with Crippen molar-refractivity contribution in [2.75, 3.05) is 6.61 Å². The molecule has 4 rings (SSSR count). The standard InChI is InChI=1S/C28H27N3O6/c1-3-4-14-37-23-12-9-21(15-18(23)2)26(32)24-25(20-7-10-22(11-8-20)31(35)36)30(28(34)27(24)33)17-19-6-5-13-29-16-19/h5-13,15-16,25,32H,3-4,14,17H2,1-2H3/t25-/m0/s1. The minimum Gasteiger partial charge on any atom is -0.507 e. The second-order valence-corrected chi connectivity index (χ2v) is 8.82. The fourth-order valence-electron chi connectivity index (χ4n) is 4.30. The molecule has 0 aliphatic carbocycles. The lowest BCUT2D eigenvalue weighted by molar-refractivity contribution is -0.384. The summed E-state index contributed by atoms with van der Waals surface area (Å²) in [6, 6.07) is 13.2. The number of aryl methyl sites for hydroxylation is 1. The Kier molecular flexibility index (Phi) is 7.62. The van der Waals surface area contributed by atoms with Crippen LogP contribution < -0.4 is 4.74 Å². The highest BCUT2D eigenvalue weighted by molar-refractivity contribution is 6.46. The monoisotopic (exact) mass is 501 g/mol. The van der Waals surface area contributed by atoms with E-state index in [2.05, 4.69) is 11.9 Å². The third-order valence-corrected chi connectivity index (χ3v) is 6.24. The lowest BCUT2D eigenvalue weighted by Crippen LogP contribution is -2.29. The van der Waals surface area contributed by atoms with Gasteiger partial charge >= 0.3 is 0 Å². The van der Waals surface area contributed by atoms with Gasteiger partial charge in [0.15, 0.2) is 0 Å². The van der Waals surface area contributed by atoms with Gasteiger partial charge in [-0.2, -0.15) is 0 Å². The Morgan fingerprint density at radius 3 is 2.54 bits per heavy atom. The number of nitro benzene ring substituents is 1. The molecule has 1 aliphatic heterocycles. The van der Waals surface area contributed by atoms with Crippen LogP contribution in [0.15, 0.2) is 72.6 Å². The molecular weight excluding hydrogens is 474 g/mol. The highest BCUT2D eigenvalue weighted by Gasteiger charge is 2.46. The van der Waals surface area contributed by atoms with Crippen LogP contribution in [0.4, 0.5) is 5.69 Å². The van der Waals surface area contributed by atoms with Crippen LogP contribution >= 0.6 is 0 Å². The zero-order valence-electron chi connectivity index (χ0n) is 20.6. The van der Waals surface area contributed by atoms with Gasteiger partial charge in [-0.15, -0.1) is 0 Å². The molecule has 1 aliphatic rings. The topological polar surface area (TPSA) is 123 Å². The van der Waals surface area contributed by atoms with E-state index in [0.29, 0.717) is 29.0 Å². The second-order valence-electron chi connectivity index (χ2n) is 8.82. The third kappa shape index (κ3) is 5.35. The minimum absolute atomic E-state index is 0.0695. The number of carbonyl (C=O) groups is 2. The van der Waals surface area contributed by atoms with E-state index < -0.39 is 22.7 Å². The van der Waals surface area contributed by atoms with E-state index >= 15 is 0 Å². The summed E-state index contributed by atoms with van der Waals surface area (Å²) in [5.74, 6) is -1.25. The smallest absolute Gasteiger partial charge is 0.295 e. The maximum absolute atomic E-state index is 13.2. The first-order valence-corrected chi connectivity index (χ1v) is 12.0. The molecule has 0 unspecified atom stereocenters. The van der Waals surface area contributed by atoms with Crippen LogP contribution in [0.25, 0.3) is 5.76 Å². The lowest BCUT2D eigenvalue weighted by Gasteiger charge is -2.25. The molecule has 37 heavy (non-hydrogen) atoms. The number of hydrogen-bond acceptors (Lipinski definition) is 7. The second kappa shape index (κ2) is 11.0. The largest absolute Gasteiger partial charge is 0.507 e. The van der Waals surface area contributed by atoms with Gasteiger partial charge in [0, 0.05) is 36.6 Å². The molecule has 9 nitrogen and oxygen atoms in total. The molecule has 1 amide bonds. The van der Waals surface area contributed by atoms with Crippen LogP contribution in [0.2, 0.25) is 0 Å². The summed E-state index contributed by atoms with van der Waals surface area (Å²) in [6.07, 6.45) is 5.10. The van der Waals surface area contributed by atoms with Gasteiger partial charge in [0.05, 0.1) is 23.1 Å². The predicted molar refractivity (Wildman–Crippen MR) is 137 cm³/mol. The van der Waals surface area contributed by atoms with Crippen molar-refractivity contribution in [2.45, 2.75) is 39.3 Å².